The van der Waals surface area contributed by atoms with E-state index in [4.69, 9.17) is 5.73 Å². The Labute approximate surface area is 159 Å². The van der Waals surface area contributed by atoms with Gasteiger partial charge in [-0.2, -0.15) is 0 Å². The average Bonchev–Trinajstić information content (AvgIpc) is 2.57. The lowest BCUT2D eigenvalue weighted by Gasteiger charge is -2.27. The summed E-state index contributed by atoms with van der Waals surface area (Å²) in [7, 11) is 0. The summed E-state index contributed by atoms with van der Waals surface area (Å²) in [5.41, 5.74) is 7.51. The zero-order valence-corrected chi connectivity index (χ0v) is 17.9. The van der Waals surface area contributed by atoms with Crippen LogP contribution in [0.25, 0.3) is 0 Å². The van der Waals surface area contributed by atoms with E-state index in [0.29, 0.717) is 12.0 Å². The zero-order chi connectivity index (χ0) is 18.9. The van der Waals surface area contributed by atoms with Crippen LogP contribution in [0, 0.1) is 23.7 Å². The quantitative estimate of drug-likeness (QED) is 0.260. The molecule has 1 heteroatoms. The summed E-state index contributed by atoms with van der Waals surface area (Å²) < 4.78 is 0. The highest BCUT2D eigenvalue weighted by molar-refractivity contribution is 5.26. The first-order chi connectivity index (χ1) is 12.0. The smallest absolute Gasteiger partial charge is 0.00897 e. The lowest BCUT2D eigenvalue weighted by atomic mass is 9.81. The molecule has 2 N–H and O–H groups in total. The van der Waals surface area contributed by atoms with Crippen molar-refractivity contribution in [2.24, 2.45) is 17.6 Å². The van der Waals surface area contributed by atoms with Crippen LogP contribution < -0.4 is 5.73 Å². The number of unbranched alkanes of at least 4 members (excludes halogenated alkanes) is 7. The SMILES string of the molecule is CCCC#C/C(C)=C/CCCCCC(C)C(CCCCCC)C(C)N. The van der Waals surface area contributed by atoms with Crippen molar-refractivity contribution in [3.8, 4) is 11.8 Å². The van der Waals surface area contributed by atoms with E-state index in [-0.39, 0.29) is 0 Å². The van der Waals surface area contributed by atoms with Crippen LogP contribution in [-0.2, 0) is 0 Å². The molecule has 0 saturated carbocycles. The minimum absolute atomic E-state index is 0.337. The maximum Gasteiger partial charge on any atom is 0.00897 e. The Morgan fingerprint density at radius 1 is 0.920 bits per heavy atom. The van der Waals surface area contributed by atoms with Crippen molar-refractivity contribution < 1.29 is 0 Å². The maximum absolute atomic E-state index is 6.27. The van der Waals surface area contributed by atoms with Crippen LogP contribution in [0.1, 0.15) is 112 Å². The number of hydrogen-bond acceptors (Lipinski definition) is 1. The van der Waals surface area contributed by atoms with Crippen molar-refractivity contribution in [2.75, 3.05) is 0 Å². The molecule has 0 bridgehead atoms. The molecule has 1 nitrogen and oxygen atoms in total. The molecule has 0 aliphatic rings. The predicted octanol–water partition coefficient (Wildman–Crippen LogP) is 7.26. The minimum Gasteiger partial charge on any atom is -0.328 e. The molecule has 0 rings (SSSR count). The Morgan fingerprint density at radius 3 is 2.24 bits per heavy atom. The Kier molecular flexibility index (Phi) is 16.2. The van der Waals surface area contributed by atoms with Crippen molar-refractivity contribution in [3.05, 3.63) is 11.6 Å². The molecule has 0 aromatic rings. The summed E-state index contributed by atoms with van der Waals surface area (Å²) in [6.45, 7) is 11.2. The van der Waals surface area contributed by atoms with Crippen LogP contribution in [0.3, 0.4) is 0 Å². The lowest BCUT2D eigenvalue weighted by Crippen LogP contribution is -2.31. The Hall–Kier alpha value is -0.740. The van der Waals surface area contributed by atoms with Crippen LogP contribution in [0.5, 0.6) is 0 Å². The van der Waals surface area contributed by atoms with Gasteiger partial charge in [0.15, 0.2) is 0 Å². The number of nitrogens with two attached hydrogens (primary N) is 1. The molecular weight excluding hydrogens is 302 g/mol. The maximum atomic E-state index is 6.27. The monoisotopic (exact) mass is 347 g/mol. The topological polar surface area (TPSA) is 26.0 Å². The first kappa shape index (κ1) is 24.3. The second-order valence-electron chi connectivity index (χ2n) is 7.93. The van der Waals surface area contributed by atoms with Gasteiger partial charge in [-0.05, 0) is 56.9 Å². The largest absolute Gasteiger partial charge is 0.328 e. The standard InChI is InChI=1S/C24H45N/c1-6-8-10-16-20-24(23(5)25)22(4)19-15-12-11-14-18-21(3)17-13-9-7-2/h18,22-24H,6-12,14-16,19-20,25H2,1-5H3/b21-18+. The summed E-state index contributed by atoms with van der Waals surface area (Å²) in [5, 5.41) is 0. The third kappa shape index (κ3) is 14.1. The zero-order valence-electron chi connectivity index (χ0n) is 17.9. The molecule has 0 saturated heterocycles. The fraction of sp³-hybridized carbons (Fsp3) is 0.833. The minimum atomic E-state index is 0.337. The van der Waals surface area contributed by atoms with Crippen LogP contribution in [0.2, 0.25) is 0 Å². The molecule has 0 aliphatic heterocycles. The van der Waals surface area contributed by atoms with E-state index in [9.17, 15) is 0 Å². The molecule has 0 amide bonds. The van der Waals surface area contributed by atoms with Crippen molar-refractivity contribution in [3.63, 3.8) is 0 Å². The number of rotatable bonds is 14. The van der Waals surface area contributed by atoms with Crippen molar-refractivity contribution in [1.29, 1.82) is 0 Å². The van der Waals surface area contributed by atoms with E-state index in [1.807, 2.05) is 0 Å². The molecule has 0 fully saturated rings. The van der Waals surface area contributed by atoms with Gasteiger partial charge in [0, 0.05) is 12.5 Å². The molecule has 3 atom stereocenters. The molecular formula is C24H45N. The molecule has 0 spiro atoms. The predicted molar refractivity (Wildman–Crippen MR) is 115 cm³/mol. The summed E-state index contributed by atoms with van der Waals surface area (Å²) in [6.07, 6.45) is 17.7. The van der Waals surface area contributed by atoms with Crippen molar-refractivity contribution in [2.45, 2.75) is 118 Å². The second kappa shape index (κ2) is 16.7. The first-order valence-corrected chi connectivity index (χ1v) is 10.9. The summed E-state index contributed by atoms with van der Waals surface area (Å²) >= 11 is 0. The lowest BCUT2D eigenvalue weighted by molar-refractivity contribution is 0.263. The molecule has 0 aliphatic carbocycles. The summed E-state index contributed by atoms with van der Waals surface area (Å²) in [5.74, 6) is 7.93. The number of hydrogen-bond donors (Lipinski definition) is 1. The highest BCUT2D eigenvalue weighted by Crippen LogP contribution is 2.26. The first-order valence-electron chi connectivity index (χ1n) is 10.9. The molecule has 3 unspecified atom stereocenters. The van der Waals surface area contributed by atoms with Gasteiger partial charge in [-0.25, -0.2) is 0 Å². The van der Waals surface area contributed by atoms with Crippen LogP contribution in [-0.4, -0.2) is 6.04 Å². The Bertz CT molecular complexity index is 383. The number of allylic oxidation sites excluding steroid dienone is 2. The molecule has 0 aromatic carbocycles. The Balaban J connectivity index is 3.93. The van der Waals surface area contributed by atoms with Crippen LogP contribution in [0.15, 0.2) is 11.6 Å². The van der Waals surface area contributed by atoms with Gasteiger partial charge < -0.3 is 5.73 Å². The van der Waals surface area contributed by atoms with Gasteiger partial charge in [0.25, 0.3) is 0 Å². The van der Waals surface area contributed by atoms with Gasteiger partial charge in [0.2, 0.25) is 0 Å². The average molecular weight is 348 g/mol. The second-order valence-corrected chi connectivity index (χ2v) is 7.93. The summed E-state index contributed by atoms with van der Waals surface area (Å²) in [4.78, 5) is 0. The fourth-order valence-electron chi connectivity index (χ4n) is 3.57. The van der Waals surface area contributed by atoms with E-state index in [1.54, 1.807) is 0 Å². The van der Waals surface area contributed by atoms with Gasteiger partial charge in [-0.3, -0.25) is 0 Å². The summed E-state index contributed by atoms with van der Waals surface area (Å²) in [6, 6.07) is 0.337. The third-order valence-electron chi connectivity index (χ3n) is 5.27. The van der Waals surface area contributed by atoms with Gasteiger partial charge in [0.05, 0.1) is 0 Å². The highest BCUT2D eigenvalue weighted by Gasteiger charge is 2.20. The van der Waals surface area contributed by atoms with E-state index >= 15 is 0 Å². The van der Waals surface area contributed by atoms with Crippen molar-refractivity contribution >= 4 is 0 Å². The van der Waals surface area contributed by atoms with Gasteiger partial charge in [-0.15, -0.1) is 0 Å². The van der Waals surface area contributed by atoms with Gasteiger partial charge in [0.1, 0.15) is 0 Å². The van der Waals surface area contributed by atoms with Crippen LogP contribution in [0.4, 0.5) is 0 Å². The molecule has 146 valence electrons. The van der Waals surface area contributed by atoms with Crippen molar-refractivity contribution in [1.82, 2.24) is 0 Å². The van der Waals surface area contributed by atoms with Gasteiger partial charge in [-0.1, -0.05) is 83.6 Å². The van der Waals surface area contributed by atoms with E-state index in [0.717, 1.165) is 18.8 Å². The molecule has 0 heterocycles. The van der Waals surface area contributed by atoms with E-state index in [1.165, 1.54) is 69.8 Å². The fourth-order valence-corrected chi connectivity index (χ4v) is 3.57. The molecule has 0 aromatic heterocycles. The Morgan fingerprint density at radius 2 is 1.60 bits per heavy atom. The third-order valence-corrected chi connectivity index (χ3v) is 5.27. The normalized spacial score (nSPS) is 15.4. The van der Waals surface area contributed by atoms with Crippen LogP contribution >= 0.6 is 0 Å². The van der Waals surface area contributed by atoms with E-state index < -0.39 is 0 Å². The highest BCUT2D eigenvalue weighted by atomic mass is 14.6. The molecule has 0 radical (unpaired) electrons. The van der Waals surface area contributed by atoms with Gasteiger partial charge >= 0.3 is 0 Å². The molecule has 25 heavy (non-hydrogen) atoms. The van der Waals surface area contributed by atoms with E-state index in [2.05, 4.69) is 52.5 Å².